The van der Waals surface area contributed by atoms with Crippen LogP contribution < -0.4 is 5.32 Å². The second-order valence-corrected chi connectivity index (χ2v) is 4.74. The van der Waals surface area contributed by atoms with Crippen LogP contribution in [0.2, 0.25) is 0 Å². The van der Waals surface area contributed by atoms with E-state index in [9.17, 15) is 0 Å². The van der Waals surface area contributed by atoms with Crippen LogP contribution >= 0.6 is 11.6 Å². The summed E-state index contributed by atoms with van der Waals surface area (Å²) in [6, 6.07) is 10.5. The summed E-state index contributed by atoms with van der Waals surface area (Å²) in [6.07, 6.45) is 4.68. The maximum Gasteiger partial charge on any atom is 0.0416 e. The molecule has 1 heterocycles. The standard InChI is InChI=1S/C15H17ClN2/c1-12-8-14(10-17-9-12)11-18-15-4-2-13(3-5-15)6-7-16/h2-5,8-10,18H,6-7,11H2,1H3. The molecular formula is C15H17ClN2. The lowest BCUT2D eigenvalue weighted by Gasteiger charge is -2.07. The van der Waals surface area contributed by atoms with Crippen LogP contribution in [0.25, 0.3) is 0 Å². The van der Waals surface area contributed by atoms with Gasteiger partial charge in [0, 0.05) is 30.5 Å². The Balaban J connectivity index is 1.93. The minimum Gasteiger partial charge on any atom is -0.381 e. The number of rotatable bonds is 5. The molecule has 0 unspecified atom stereocenters. The zero-order valence-corrected chi connectivity index (χ0v) is 11.2. The number of nitrogens with zero attached hydrogens (tertiary/aromatic N) is 1. The van der Waals surface area contributed by atoms with Crippen molar-refractivity contribution in [3.8, 4) is 0 Å². The molecule has 2 nitrogen and oxygen atoms in total. The molecule has 0 atom stereocenters. The van der Waals surface area contributed by atoms with E-state index in [0.29, 0.717) is 5.88 Å². The van der Waals surface area contributed by atoms with Crippen molar-refractivity contribution in [2.24, 2.45) is 0 Å². The summed E-state index contributed by atoms with van der Waals surface area (Å²) in [5.41, 5.74) is 4.77. The zero-order chi connectivity index (χ0) is 12.8. The highest BCUT2D eigenvalue weighted by Gasteiger charge is 1.96. The Morgan fingerprint density at radius 3 is 2.56 bits per heavy atom. The van der Waals surface area contributed by atoms with Crippen molar-refractivity contribution >= 4 is 17.3 Å². The first-order chi connectivity index (χ1) is 8.78. The maximum atomic E-state index is 5.71. The van der Waals surface area contributed by atoms with Crippen LogP contribution in [-0.2, 0) is 13.0 Å². The van der Waals surface area contributed by atoms with Crippen molar-refractivity contribution in [3.05, 3.63) is 59.4 Å². The first kappa shape index (κ1) is 12.9. The molecule has 0 amide bonds. The number of aryl methyl sites for hydroxylation is 2. The minimum absolute atomic E-state index is 0.668. The SMILES string of the molecule is Cc1cncc(CNc2ccc(CCCl)cc2)c1. The Bertz CT molecular complexity index is 494. The number of aromatic nitrogens is 1. The first-order valence-electron chi connectivity index (χ1n) is 6.07. The number of hydrogen-bond acceptors (Lipinski definition) is 2. The Kier molecular flexibility index (Phi) is 4.59. The smallest absolute Gasteiger partial charge is 0.0416 e. The summed E-state index contributed by atoms with van der Waals surface area (Å²) in [5.74, 6) is 0.668. The second-order valence-electron chi connectivity index (χ2n) is 4.36. The van der Waals surface area contributed by atoms with E-state index in [0.717, 1.165) is 18.7 Å². The largest absolute Gasteiger partial charge is 0.381 e. The highest BCUT2D eigenvalue weighted by molar-refractivity contribution is 6.17. The topological polar surface area (TPSA) is 24.9 Å². The first-order valence-corrected chi connectivity index (χ1v) is 6.60. The van der Waals surface area contributed by atoms with E-state index in [-0.39, 0.29) is 0 Å². The molecule has 0 aliphatic rings. The van der Waals surface area contributed by atoms with Gasteiger partial charge in [0.1, 0.15) is 0 Å². The van der Waals surface area contributed by atoms with Gasteiger partial charge in [0.2, 0.25) is 0 Å². The van der Waals surface area contributed by atoms with Crippen molar-refractivity contribution in [2.75, 3.05) is 11.2 Å². The van der Waals surface area contributed by atoms with Crippen molar-refractivity contribution in [1.82, 2.24) is 4.98 Å². The number of benzene rings is 1. The van der Waals surface area contributed by atoms with Crippen LogP contribution in [0.3, 0.4) is 0 Å². The predicted octanol–water partition coefficient (Wildman–Crippen LogP) is 3.78. The summed E-state index contributed by atoms with van der Waals surface area (Å²) >= 11 is 5.71. The van der Waals surface area contributed by atoms with E-state index >= 15 is 0 Å². The van der Waals surface area contributed by atoms with Gasteiger partial charge in [-0.15, -0.1) is 11.6 Å². The molecule has 1 aromatic heterocycles. The number of anilines is 1. The fraction of sp³-hybridized carbons (Fsp3) is 0.267. The molecule has 0 fully saturated rings. The lowest BCUT2D eigenvalue weighted by Crippen LogP contribution is -2.00. The zero-order valence-electron chi connectivity index (χ0n) is 10.5. The monoisotopic (exact) mass is 260 g/mol. The van der Waals surface area contributed by atoms with Gasteiger partial charge in [-0.2, -0.15) is 0 Å². The van der Waals surface area contributed by atoms with E-state index in [2.05, 4.69) is 47.6 Å². The lowest BCUT2D eigenvalue weighted by atomic mass is 10.1. The molecule has 0 saturated heterocycles. The fourth-order valence-electron chi connectivity index (χ4n) is 1.82. The van der Waals surface area contributed by atoms with Crippen molar-refractivity contribution in [1.29, 1.82) is 0 Å². The van der Waals surface area contributed by atoms with Gasteiger partial charge in [-0.3, -0.25) is 4.98 Å². The van der Waals surface area contributed by atoms with Crippen LogP contribution in [0.4, 0.5) is 5.69 Å². The average molecular weight is 261 g/mol. The molecule has 0 saturated carbocycles. The van der Waals surface area contributed by atoms with Crippen molar-refractivity contribution < 1.29 is 0 Å². The Labute approximate surface area is 113 Å². The Hall–Kier alpha value is -1.54. The third-order valence-electron chi connectivity index (χ3n) is 2.77. The van der Waals surface area contributed by atoms with Crippen LogP contribution in [0.15, 0.2) is 42.7 Å². The summed E-state index contributed by atoms with van der Waals surface area (Å²) in [4.78, 5) is 4.18. The summed E-state index contributed by atoms with van der Waals surface area (Å²) in [7, 11) is 0. The molecule has 18 heavy (non-hydrogen) atoms. The van der Waals surface area contributed by atoms with E-state index in [1.807, 2.05) is 12.4 Å². The van der Waals surface area contributed by atoms with Gasteiger partial charge in [0.05, 0.1) is 0 Å². The van der Waals surface area contributed by atoms with Gasteiger partial charge in [0.25, 0.3) is 0 Å². The van der Waals surface area contributed by atoms with Gasteiger partial charge in [-0.25, -0.2) is 0 Å². The highest BCUT2D eigenvalue weighted by Crippen LogP contribution is 2.12. The molecular weight excluding hydrogens is 244 g/mol. The summed E-state index contributed by atoms with van der Waals surface area (Å²) in [5, 5.41) is 3.38. The van der Waals surface area contributed by atoms with Crippen molar-refractivity contribution in [2.45, 2.75) is 19.9 Å². The highest BCUT2D eigenvalue weighted by atomic mass is 35.5. The molecule has 94 valence electrons. The van der Waals surface area contributed by atoms with E-state index in [1.165, 1.54) is 16.7 Å². The fourth-order valence-corrected chi connectivity index (χ4v) is 2.03. The van der Waals surface area contributed by atoms with Gasteiger partial charge >= 0.3 is 0 Å². The third kappa shape index (κ3) is 3.74. The molecule has 0 radical (unpaired) electrons. The third-order valence-corrected chi connectivity index (χ3v) is 2.95. The number of hydrogen-bond donors (Lipinski definition) is 1. The van der Waals surface area contributed by atoms with Gasteiger partial charge in [0.15, 0.2) is 0 Å². The van der Waals surface area contributed by atoms with Crippen LogP contribution in [-0.4, -0.2) is 10.9 Å². The summed E-state index contributed by atoms with van der Waals surface area (Å²) < 4.78 is 0. The number of pyridine rings is 1. The molecule has 1 N–H and O–H groups in total. The summed E-state index contributed by atoms with van der Waals surface area (Å²) in [6.45, 7) is 2.85. The van der Waals surface area contributed by atoms with Gasteiger partial charge < -0.3 is 5.32 Å². The molecule has 0 aliphatic heterocycles. The van der Waals surface area contributed by atoms with Gasteiger partial charge in [-0.05, 0) is 42.2 Å². The number of halogens is 1. The van der Waals surface area contributed by atoms with Crippen LogP contribution in [0.5, 0.6) is 0 Å². The Morgan fingerprint density at radius 2 is 1.89 bits per heavy atom. The van der Waals surface area contributed by atoms with E-state index < -0.39 is 0 Å². The average Bonchev–Trinajstić information content (AvgIpc) is 2.38. The number of nitrogens with one attached hydrogen (secondary N) is 1. The molecule has 0 aliphatic carbocycles. The predicted molar refractivity (Wildman–Crippen MR) is 77.2 cm³/mol. The second kappa shape index (κ2) is 6.41. The number of alkyl halides is 1. The normalized spacial score (nSPS) is 10.3. The van der Waals surface area contributed by atoms with Crippen LogP contribution in [0, 0.1) is 6.92 Å². The van der Waals surface area contributed by atoms with Crippen LogP contribution in [0.1, 0.15) is 16.7 Å². The van der Waals surface area contributed by atoms with Crippen molar-refractivity contribution in [3.63, 3.8) is 0 Å². The molecule has 3 heteroatoms. The minimum atomic E-state index is 0.668. The lowest BCUT2D eigenvalue weighted by molar-refractivity contribution is 1.09. The van der Waals surface area contributed by atoms with E-state index in [1.54, 1.807) is 0 Å². The Morgan fingerprint density at radius 1 is 1.11 bits per heavy atom. The molecule has 0 spiro atoms. The molecule has 0 bridgehead atoms. The van der Waals surface area contributed by atoms with E-state index in [4.69, 9.17) is 11.6 Å². The molecule has 2 rings (SSSR count). The van der Waals surface area contributed by atoms with Gasteiger partial charge in [-0.1, -0.05) is 18.2 Å². The molecule has 1 aromatic carbocycles. The molecule has 2 aromatic rings. The quantitative estimate of drug-likeness (QED) is 0.828. The maximum absolute atomic E-state index is 5.71.